The SMILES string of the molecule is CCC(CC)C(C)Nc1ncc(Br)cc1C. The summed E-state index contributed by atoms with van der Waals surface area (Å²) in [5, 5.41) is 3.51. The van der Waals surface area contributed by atoms with Crippen molar-refractivity contribution in [2.75, 3.05) is 5.32 Å². The molecule has 1 heterocycles. The van der Waals surface area contributed by atoms with Crippen LogP contribution in [0.1, 0.15) is 39.2 Å². The van der Waals surface area contributed by atoms with Crippen molar-refractivity contribution >= 4 is 21.7 Å². The van der Waals surface area contributed by atoms with Crippen molar-refractivity contribution in [1.82, 2.24) is 4.98 Å². The van der Waals surface area contributed by atoms with E-state index in [1.165, 1.54) is 18.4 Å². The maximum Gasteiger partial charge on any atom is 0.129 e. The van der Waals surface area contributed by atoms with Crippen molar-refractivity contribution in [1.29, 1.82) is 0 Å². The number of nitrogens with one attached hydrogen (secondary N) is 1. The summed E-state index contributed by atoms with van der Waals surface area (Å²) in [7, 11) is 0. The Kier molecular flexibility index (Phi) is 5.26. The molecule has 0 aliphatic rings. The lowest BCUT2D eigenvalue weighted by molar-refractivity contribution is 0.437. The number of pyridine rings is 1. The Morgan fingerprint density at radius 2 is 2.00 bits per heavy atom. The lowest BCUT2D eigenvalue weighted by atomic mass is 9.95. The molecule has 0 fully saturated rings. The van der Waals surface area contributed by atoms with Crippen molar-refractivity contribution in [2.45, 2.75) is 46.6 Å². The molecule has 1 aromatic heterocycles. The van der Waals surface area contributed by atoms with Crippen LogP contribution in [0.2, 0.25) is 0 Å². The van der Waals surface area contributed by atoms with Gasteiger partial charge in [0, 0.05) is 16.7 Å². The van der Waals surface area contributed by atoms with Crippen LogP contribution in [-0.4, -0.2) is 11.0 Å². The van der Waals surface area contributed by atoms with E-state index in [9.17, 15) is 0 Å². The van der Waals surface area contributed by atoms with Crippen LogP contribution in [0.15, 0.2) is 16.7 Å². The van der Waals surface area contributed by atoms with Crippen LogP contribution in [0.5, 0.6) is 0 Å². The molecule has 1 aromatic rings. The number of hydrogen-bond donors (Lipinski definition) is 1. The predicted octanol–water partition coefficient (Wildman–Crippen LogP) is 4.39. The topological polar surface area (TPSA) is 24.9 Å². The van der Waals surface area contributed by atoms with Gasteiger partial charge in [0.15, 0.2) is 0 Å². The highest BCUT2D eigenvalue weighted by Crippen LogP contribution is 2.21. The first-order chi connectivity index (χ1) is 7.58. The molecule has 90 valence electrons. The second kappa shape index (κ2) is 6.24. The molecule has 2 nitrogen and oxygen atoms in total. The smallest absolute Gasteiger partial charge is 0.129 e. The van der Waals surface area contributed by atoms with Gasteiger partial charge in [0.1, 0.15) is 5.82 Å². The van der Waals surface area contributed by atoms with Crippen molar-refractivity contribution in [3.05, 3.63) is 22.3 Å². The summed E-state index contributed by atoms with van der Waals surface area (Å²) in [6, 6.07) is 2.57. The molecule has 0 spiro atoms. The van der Waals surface area contributed by atoms with Gasteiger partial charge in [0.05, 0.1) is 0 Å². The number of aromatic nitrogens is 1. The normalized spacial score (nSPS) is 12.9. The Morgan fingerprint density at radius 3 is 2.50 bits per heavy atom. The van der Waals surface area contributed by atoms with Crippen LogP contribution in [0.3, 0.4) is 0 Å². The first kappa shape index (κ1) is 13.5. The highest BCUT2D eigenvalue weighted by atomic mass is 79.9. The molecule has 16 heavy (non-hydrogen) atoms. The van der Waals surface area contributed by atoms with Crippen LogP contribution in [0.4, 0.5) is 5.82 Å². The van der Waals surface area contributed by atoms with E-state index in [1.54, 1.807) is 0 Å². The van der Waals surface area contributed by atoms with Crippen molar-refractivity contribution in [3.63, 3.8) is 0 Å². The molecule has 0 bridgehead atoms. The molecule has 1 atom stereocenters. The minimum absolute atomic E-state index is 0.474. The monoisotopic (exact) mass is 284 g/mol. The summed E-state index contributed by atoms with van der Waals surface area (Å²) in [5.41, 5.74) is 1.19. The molecule has 0 aliphatic carbocycles. The van der Waals surface area contributed by atoms with Gasteiger partial charge in [-0.05, 0) is 47.3 Å². The van der Waals surface area contributed by atoms with Gasteiger partial charge in [-0.3, -0.25) is 0 Å². The summed E-state index contributed by atoms with van der Waals surface area (Å²) in [4.78, 5) is 4.41. The summed E-state index contributed by atoms with van der Waals surface area (Å²) in [5.74, 6) is 1.72. The first-order valence-electron chi connectivity index (χ1n) is 5.97. The number of rotatable bonds is 5. The summed E-state index contributed by atoms with van der Waals surface area (Å²) in [6.07, 6.45) is 4.26. The lowest BCUT2D eigenvalue weighted by Gasteiger charge is -2.23. The van der Waals surface area contributed by atoms with Gasteiger partial charge in [-0.25, -0.2) is 4.98 Å². The largest absolute Gasteiger partial charge is 0.367 e. The number of aryl methyl sites for hydroxylation is 1. The molecule has 0 aromatic carbocycles. The van der Waals surface area contributed by atoms with Crippen molar-refractivity contribution in [2.24, 2.45) is 5.92 Å². The molecule has 0 radical (unpaired) electrons. The molecule has 1 N–H and O–H groups in total. The van der Waals surface area contributed by atoms with Gasteiger partial charge in [-0.15, -0.1) is 0 Å². The minimum Gasteiger partial charge on any atom is -0.367 e. The predicted molar refractivity (Wildman–Crippen MR) is 73.8 cm³/mol. The fourth-order valence-corrected chi connectivity index (χ4v) is 2.47. The minimum atomic E-state index is 0.474. The van der Waals surface area contributed by atoms with E-state index in [4.69, 9.17) is 0 Å². The molecular formula is C13H21BrN2. The number of nitrogens with zero attached hydrogens (tertiary/aromatic N) is 1. The average Bonchev–Trinajstić information content (AvgIpc) is 2.24. The Balaban J connectivity index is 2.72. The maximum atomic E-state index is 4.41. The third kappa shape index (κ3) is 3.48. The van der Waals surface area contributed by atoms with E-state index in [-0.39, 0.29) is 0 Å². The van der Waals surface area contributed by atoms with E-state index in [0.717, 1.165) is 10.3 Å². The molecule has 0 saturated carbocycles. The third-order valence-electron chi connectivity index (χ3n) is 3.17. The van der Waals surface area contributed by atoms with E-state index in [1.807, 2.05) is 6.20 Å². The van der Waals surface area contributed by atoms with Crippen molar-refractivity contribution < 1.29 is 0 Å². The quantitative estimate of drug-likeness (QED) is 0.868. The molecule has 3 heteroatoms. The fraction of sp³-hybridized carbons (Fsp3) is 0.615. The second-order valence-corrected chi connectivity index (χ2v) is 5.24. The van der Waals surface area contributed by atoms with Crippen molar-refractivity contribution in [3.8, 4) is 0 Å². The summed E-state index contributed by atoms with van der Waals surface area (Å²) < 4.78 is 1.03. The molecule has 1 rings (SSSR count). The zero-order valence-corrected chi connectivity index (χ0v) is 12.1. The van der Waals surface area contributed by atoms with Gasteiger partial charge in [-0.1, -0.05) is 26.7 Å². The number of anilines is 1. The van der Waals surface area contributed by atoms with Gasteiger partial charge >= 0.3 is 0 Å². The standard InChI is InChI=1S/C13H21BrN2/c1-5-11(6-2)10(4)16-13-9(3)7-12(14)8-15-13/h7-8,10-11H,5-6H2,1-4H3,(H,15,16). The molecule has 0 amide bonds. The number of hydrogen-bond acceptors (Lipinski definition) is 2. The maximum absolute atomic E-state index is 4.41. The fourth-order valence-electron chi connectivity index (χ4n) is 2.02. The average molecular weight is 285 g/mol. The third-order valence-corrected chi connectivity index (χ3v) is 3.60. The van der Waals surface area contributed by atoms with E-state index >= 15 is 0 Å². The number of halogens is 1. The van der Waals surface area contributed by atoms with Crippen LogP contribution in [-0.2, 0) is 0 Å². The Hall–Kier alpha value is -0.570. The first-order valence-corrected chi connectivity index (χ1v) is 6.76. The summed E-state index contributed by atoms with van der Waals surface area (Å²) in [6.45, 7) is 8.81. The Bertz CT molecular complexity index is 335. The van der Waals surface area contributed by atoms with Crippen LogP contribution in [0, 0.1) is 12.8 Å². The molecule has 0 saturated heterocycles. The van der Waals surface area contributed by atoms with Gasteiger partial charge in [0.2, 0.25) is 0 Å². The zero-order valence-electron chi connectivity index (χ0n) is 10.5. The van der Waals surface area contributed by atoms with Crippen LogP contribution >= 0.6 is 15.9 Å². The summed E-state index contributed by atoms with van der Waals surface area (Å²) >= 11 is 3.43. The zero-order chi connectivity index (χ0) is 12.1. The molecular weight excluding hydrogens is 264 g/mol. The lowest BCUT2D eigenvalue weighted by Crippen LogP contribution is -2.25. The van der Waals surface area contributed by atoms with Crippen LogP contribution < -0.4 is 5.32 Å². The molecule has 0 aliphatic heterocycles. The second-order valence-electron chi connectivity index (χ2n) is 4.33. The Morgan fingerprint density at radius 1 is 1.38 bits per heavy atom. The highest BCUT2D eigenvalue weighted by molar-refractivity contribution is 9.10. The van der Waals surface area contributed by atoms with E-state index in [0.29, 0.717) is 12.0 Å². The molecule has 1 unspecified atom stereocenters. The van der Waals surface area contributed by atoms with Gasteiger partial charge in [0.25, 0.3) is 0 Å². The van der Waals surface area contributed by atoms with Crippen LogP contribution in [0.25, 0.3) is 0 Å². The highest BCUT2D eigenvalue weighted by Gasteiger charge is 2.14. The van der Waals surface area contributed by atoms with Gasteiger partial charge in [-0.2, -0.15) is 0 Å². The van der Waals surface area contributed by atoms with Gasteiger partial charge < -0.3 is 5.32 Å². The van der Waals surface area contributed by atoms with E-state index in [2.05, 4.69) is 60.0 Å². The Labute approximate surface area is 107 Å². The van der Waals surface area contributed by atoms with E-state index < -0.39 is 0 Å².